The molecule has 2 aromatic rings. The first-order valence-electron chi connectivity index (χ1n) is 4.74. The van der Waals surface area contributed by atoms with Crippen LogP contribution in [0.1, 0.15) is 5.56 Å². The minimum absolute atomic E-state index is 0.227. The van der Waals surface area contributed by atoms with Crippen LogP contribution in [0.4, 0.5) is 8.78 Å². The van der Waals surface area contributed by atoms with E-state index in [0.29, 0.717) is 5.33 Å². The fraction of sp³-hybridized carbons (Fsp3) is 0.167. The monoisotopic (exact) mass is 286 g/mol. The van der Waals surface area contributed by atoms with Crippen molar-refractivity contribution in [3.8, 4) is 5.75 Å². The molecule has 16 heavy (non-hydrogen) atoms. The molecule has 0 spiro atoms. The standard InChI is InChI=1S/C12H9BrF2O/c13-7-10-9-4-2-1-3-8(9)5-6-11(10)16-12(14)15/h1-6,12H,7H2. The maximum atomic E-state index is 12.2. The van der Waals surface area contributed by atoms with Gasteiger partial charge in [-0.2, -0.15) is 8.78 Å². The van der Waals surface area contributed by atoms with Crippen LogP contribution in [0.25, 0.3) is 10.8 Å². The number of halogens is 3. The van der Waals surface area contributed by atoms with Crippen molar-refractivity contribution in [1.82, 2.24) is 0 Å². The van der Waals surface area contributed by atoms with Crippen molar-refractivity contribution in [2.75, 3.05) is 0 Å². The number of hydrogen-bond acceptors (Lipinski definition) is 1. The van der Waals surface area contributed by atoms with Gasteiger partial charge >= 0.3 is 6.61 Å². The minimum Gasteiger partial charge on any atom is -0.434 e. The van der Waals surface area contributed by atoms with Crippen LogP contribution in [0.15, 0.2) is 36.4 Å². The summed E-state index contributed by atoms with van der Waals surface area (Å²) in [5.41, 5.74) is 0.749. The molecular weight excluding hydrogens is 278 g/mol. The van der Waals surface area contributed by atoms with Crippen molar-refractivity contribution >= 4 is 26.7 Å². The topological polar surface area (TPSA) is 9.23 Å². The van der Waals surface area contributed by atoms with Crippen LogP contribution in [0.2, 0.25) is 0 Å². The third-order valence-corrected chi connectivity index (χ3v) is 2.91. The summed E-state index contributed by atoms with van der Waals surface area (Å²) in [7, 11) is 0. The highest BCUT2D eigenvalue weighted by atomic mass is 79.9. The van der Waals surface area contributed by atoms with Gasteiger partial charge in [-0.15, -0.1) is 0 Å². The van der Waals surface area contributed by atoms with Crippen molar-refractivity contribution in [3.05, 3.63) is 42.0 Å². The SMILES string of the molecule is FC(F)Oc1ccc2ccccc2c1CBr. The average Bonchev–Trinajstić information content (AvgIpc) is 2.28. The quantitative estimate of drug-likeness (QED) is 0.763. The van der Waals surface area contributed by atoms with Gasteiger partial charge in [0.25, 0.3) is 0 Å². The predicted molar refractivity (Wildman–Crippen MR) is 63.2 cm³/mol. The Balaban J connectivity index is 2.58. The number of alkyl halides is 3. The zero-order valence-electron chi connectivity index (χ0n) is 8.29. The Morgan fingerprint density at radius 2 is 1.88 bits per heavy atom. The van der Waals surface area contributed by atoms with Gasteiger partial charge in [0.1, 0.15) is 5.75 Å². The molecule has 2 aromatic carbocycles. The summed E-state index contributed by atoms with van der Waals surface area (Å²) in [5.74, 6) is 0.227. The third-order valence-electron chi connectivity index (χ3n) is 2.35. The van der Waals surface area contributed by atoms with E-state index in [1.165, 1.54) is 0 Å². The second-order valence-corrected chi connectivity index (χ2v) is 3.84. The highest BCUT2D eigenvalue weighted by Gasteiger charge is 2.11. The second kappa shape index (κ2) is 4.78. The molecular formula is C12H9BrF2O. The normalized spacial score (nSPS) is 11.0. The Morgan fingerprint density at radius 1 is 1.12 bits per heavy atom. The maximum Gasteiger partial charge on any atom is 0.387 e. The van der Waals surface area contributed by atoms with Gasteiger partial charge in [-0.3, -0.25) is 0 Å². The minimum atomic E-state index is -2.79. The highest BCUT2D eigenvalue weighted by molar-refractivity contribution is 9.08. The van der Waals surface area contributed by atoms with Gasteiger partial charge in [0.2, 0.25) is 0 Å². The third kappa shape index (κ3) is 2.16. The van der Waals surface area contributed by atoms with Gasteiger partial charge in [0.15, 0.2) is 0 Å². The molecule has 0 aliphatic rings. The van der Waals surface area contributed by atoms with Crippen LogP contribution in [0, 0.1) is 0 Å². The number of ether oxygens (including phenoxy) is 1. The van der Waals surface area contributed by atoms with Gasteiger partial charge in [0, 0.05) is 10.9 Å². The first kappa shape index (κ1) is 11.3. The highest BCUT2D eigenvalue weighted by Crippen LogP contribution is 2.30. The predicted octanol–water partition coefficient (Wildman–Crippen LogP) is 4.34. The Labute approximate surface area is 100 Å². The number of benzene rings is 2. The van der Waals surface area contributed by atoms with E-state index >= 15 is 0 Å². The lowest BCUT2D eigenvalue weighted by Gasteiger charge is -2.11. The lowest BCUT2D eigenvalue weighted by molar-refractivity contribution is -0.0502. The molecule has 0 fully saturated rings. The molecule has 2 rings (SSSR count). The molecule has 0 radical (unpaired) electrons. The van der Waals surface area contributed by atoms with Crippen LogP contribution >= 0.6 is 15.9 Å². The van der Waals surface area contributed by atoms with Crippen molar-refractivity contribution in [2.45, 2.75) is 11.9 Å². The average molecular weight is 287 g/mol. The van der Waals surface area contributed by atoms with Crippen molar-refractivity contribution in [2.24, 2.45) is 0 Å². The molecule has 0 aliphatic heterocycles. The van der Waals surface area contributed by atoms with Gasteiger partial charge < -0.3 is 4.74 Å². The zero-order valence-corrected chi connectivity index (χ0v) is 9.88. The summed E-state index contributed by atoms with van der Waals surface area (Å²) >= 11 is 3.29. The van der Waals surface area contributed by atoms with Gasteiger partial charge in [-0.05, 0) is 16.8 Å². The summed E-state index contributed by atoms with van der Waals surface area (Å²) in [6.45, 7) is -2.79. The Hall–Kier alpha value is -1.16. The van der Waals surface area contributed by atoms with Crippen LogP contribution in [0.3, 0.4) is 0 Å². The Bertz CT molecular complexity index is 499. The molecule has 0 aliphatic carbocycles. The lowest BCUT2D eigenvalue weighted by Crippen LogP contribution is -2.04. The molecule has 0 unspecified atom stereocenters. The first-order chi connectivity index (χ1) is 7.72. The maximum absolute atomic E-state index is 12.2. The van der Waals surface area contributed by atoms with Gasteiger partial charge in [-0.25, -0.2) is 0 Å². The largest absolute Gasteiger partial charge is 0.434 e. The number of fused-ring (bicyclic) bond motifs is 1. The van der Waals surface area contributed by atoms with E-state index in [1.807, 2.05) is 24.3 Å². The summed E-state index contributed by atoms with van der Waals surface area (Å²) in [6.07, 6.45) is 0. The molecule has 0 heterocycles. The van der Waals surface area contributed by atoms with Crippen molar-refractivity contribution in [3.63, 3.8) is 0 Å². The fourth-order valence-corrected chi connectivity index (χ4v) is 2.24. The van der Waals surface area contributed by atoms with E-state index < -0.39 is 6.61 Å². The van der Waals surface area contributed by atoms with E-state index in [1.54, 1.807) is 12.1 Å². The molecule has 0 amide bonds. The van der Waals surface area contributed by atoms with Crippen LogP contribution in [-0.4, -0.2) is 6.61 Å². The molecule has 0 saturated carbocycles. The number of hydrogen-bond donors (Lipinski definition) is 0. The molecule has 0 bridgehead atoms. The molecule has 0 atom stereocenters. The van der Waals surface area contributed by atoms with E-state index in [2.05, 4.69) is 20.7 Å². The molecule has 0 N–H and O–H groups in total. The summed E-state index contributed by atoms with van der Waals surface area (Å²) in [4.78, 5) is 0. The molecule has 1 nitrogen and oxygen atoms in total. The van der Waals surface area contributed by atoms with E-state index in [-0.39, 0.29) is 5.75 Å². The van der Waals surface area contributed by atoms with Gasteiger partial charge in [-0.1, -0.05) is 46.3 Å². The molecule has 4 heteroatoms. The van der Waals surface area contributed by atoms with Crippen LogP contribution in [-0.2, 0) is 5.33 Å². The van der Waals surface area contributed by atoms with Crippen molar-refractivity contribution < 1.29 is 13.5 Å². The van der Waals surface area contributed by atoms with Crippen LogP contribution in [0.5, 0.6) is 5.75 Å². The summed E-state index contributed by atoms with van der Waals surface area (Å²) in [5, 5.41) is 2.42. The van der Waals surface area contributed by atoms with Crippen molar-refractivity contribution in [1.29, 1.82) is 0 Å². The van der Waals surface area contributed by atoms with E-state index in [0.717, 1.165) is 16.3 Å². The smallest absolute Gasteiger partial charge is 0.387 e. The number of rotatable bonds is 3. The fourth-order valence-electron chi connectivity index (χ4n) is 1.66. The van der Waals surface area contributed by atoms with E-state index in [9.17, 15) is 8.78 Å². The lowest BCUT2D eigenvalue weighted by atomic mass is 10.0. The van der Waals surface area contributed by atoms with Gasteiger partial charge in [0.05, 0.1) is 0 Å². The molecule has 0 saturated heterocycles. The molecule has 0 aromatic heterocycles. The first-order valence-corrected chi connectivity index (χ1v) is 5.86. The summed E-state index contributed by atoms with van der Waals surface area (Å²) < 4.78 is 28.9. The molecule has 84 valence electrons. The zero-order chi connectivity index (χ0) is 11.5. The second-order valence-electron chi connectivity index (χ2n) is 3.28. The Kier molecular flexibility index (Phi) is 3.39. The van der Waals surface area contributed by atoms with Crippen LogP contribution < -0.4 is 4.74 Å². The van der Waals surface area contributed by atoms with E-state index in [4.69, 9.17) is 0 Å². The Morgan fingerprint density at radius 3 is 2.56 bits per heavy atom. The summed E-state index contributed by atoms with van der Waals surface area (Å²) in [6, 6.07) is 11.0.